The highest BCUT2D eigenvalue weighted by Gasteiger charge is 2.50. The Morgan fingerprint density at radius 1 is 1.18 bits per heavy atom. The summed E-state index contributed by atoms with van der Waals surface area (Å²) in [4.78, 5) is 41.4. The molecule has 0 unspecified atom stereocenters. The molecule has 0 saturated heterocycles. The topological polar surface area (TPSA) is 93.5 Å². The Labute approximate surface area is 194 Å². The maximum Gasteiger partial charge on any atom is 0.358 e. The van der Waals surface area contributed by atoms with Gasteiger partial charge < -0.3 is 10.1 Å². The number of amides is 2. The van der Waals surface area contributed by atoms with Crippen molar-refractivity contribution in [3.8, 4) is 0 Å². The van der Waals surface area contributed by atoms with Crippen LogP contribution in [0.4, 0.5) is 5.69 Å². The van der Waals surface area contributed by atoms with E-state index in [1.54, 1.807) is 18.7 Å². The van der Waals surface area contributed by atoms with Crippen molar-refractivity contribution in [1.29, 1.82) is 0 Å². The minimum atomic E-state index is -1.20. The number of carbonyl (C=O) groups excluding carboxylic acids is 3. The maximum absolute atomic E-state index is 13.8. The van der Waals surface area contributed by atoms with Crippen molar-refractivity contribution in [2.75, 3.05) is 11.5 Å². The first-order chi connectivity index (χ1) is 15.9. The van der Waals surface area contributed by atoms with Gasteiger partial charge in [-0.3, -0.25) is 19.2 Å². The molecule has 33 heavy (non-hydrogen) atoms. The molecule has 2 aromatic rings. The van der Waals surface area contributed by atoms with Crippen molar-refractivity contribution in [3.05, 3.63) is 47.3 Å². The zero-order chi connectivity index (χ0) is 23.6. The van der Waals surface area contributed by atoms with Crippen LogP contribution in [0.15, 0.2) is 30.3 Å². The molecule has 0 spiro atoms. The third kappa shape index (κ3) is 4.26. The Kier molecular flexibility index (Phi) is 6.54. The largest absolute Gasteiger partial charge is 0.461 e. The van der Waals surface area contributed by atoms with Crippen molar-refractivity contribution in [2.24, 2.45) is 0 Å². The molecule has 0 radical (unpaired) electrons. The van der Waals surface area contributed by atoms with Crippen LogP contribution < -0.4 is 10.2 Å². The van der Waals surface area contributed by atoms with E-state index in [2.05, 4.69) is 10.4 Å². The van der Waals surface area contributed by atoms with E-state index in [0.29, 0.717) is 12.1 Å². The summed E-state index contributed by atoms with van der Waals surface area (Å²) < 4.78 is 6.54. The SMILES string of the molecule is CCOC(=O)c1cc2n(n1)C[C@](C)(C(=O)NC1CCCCC1)N(c1ccccc1CC)C2=O. The van der Waals surface area contributed by atoms with Gasteiger partial charge >= 0.3 is 5.97 Å². The molecule has 1 N–H and O–H groups in total. The number of hydrogen-bond donors (Lipinski definition) is 1. The zero-order valence-corrected chi connectivity index (χ0v) is 19.6. The molecule has 1 aliphatic heterocycles. The normalized spacial score (nSPS) is 20.9. The summed E-state index contributed by atoms with van der Waals surface area (Å²) in [5.41, 5.74) is 0.815. The van der Waals surface area contributed by atoms with Gasteiger partial charge in [0.25, 0.3) is 5.91 Å². The van der Waals surface area contributed by atoms with Gasteiger partial charge in [-0.15, -0.1) is 0 Å². The number of aromatic nitrogens is 2. The Hall–Kier alpha value is -3.16. The summed E-state index contributed by atoms with van der Waals surface area (Å²) in [5.74, 6) is -1.14. The van der Waals surface area contributed by atoms with Gasteiger partial charge in [-0.1, -0.05) is 44.4 Å². The number of esters is 1. The minimum Gasteiger partial charge on any atom is -0.461 e. The molecule has 0 bridgehead atoms. The van der Waals surface area contributed by atoms with Crippen molar-refractivity contribution < 1.29 is 19.1 Å². The van der Waals surface area contributed by atoms with E-state index in [-0.39, 0.29) is 42.4 Å². The summed E-state index contributed by atoms with van der Waals surface area (Å²) in [6, 6.07) is 9.21. The van der Waals surface area contributed by atoms with Gasteiger partial charge in [0.15, 0.2) is 5.69 Å². The third-order valence-corrected chi connectivity index (χ3v) is 6.68. The molecule has 1 aliphatic carbocycles. The van der Waals surface area contributed by atoms with Crippen molar-refractivity contribution in [2.45, 2.75) is 77.4 Å². The summed E-state index contributed by atoms with van der Waals surface area (Å²) in [5, 5.41) is 7.53. The van der Waals surface area contributed by atoms with Crippen LogP contribution in [-0.4, -0.2) is 45.8 Å². The number of aryl methyl sites for hydroxylation is 1. The molecule has 2 heterocycles. The lowest BCUT2D eigenvalue weighted by molar-refractivity contribution is -0.127. The number of benzene rings is 1. The Morgan fingerprint density at radius 3 is 2.61 bits per heavy atom. The van der Waals surface area contributed by atoms with Crippen molar-refractivity contribution in [3.63, 3.8) is 0 Å². The van der Waals surface area contributed by atoms with E-state index >= 15 is 0 Å². The minimum absolute atomic E-state index is 0.0702. The van der Waals surface area contributed by atoms with Gasteiger partial charge in [0, 0.05) is 17.8 Å². The Bertz CT molecular complexity index is 1060. The van der Waals surface area contributed by atoms with Gasteiger partial charge in [-0.25, -0.2) is 4.79 Å². The standard InChI is InChI=1S/C25H32N4O4/c1-4-17-11-9-10-14-20(17)29-22(30)21-15-19(23(31)33-5-2)27-28(21)16-25(29,3)24(32)26-18-12-7-6-8-13-18/h9-11,14-15,18H,4-8,12-13,16H2,1-3H3,(H,26,32)/t25-/m1/s1. The van der Waals surface area contributed by atoms with Crippen molar-refractivity contribution in [1.82, 2.24) is 15.1 Å². The summed E-state index contributed by atoms with van der Waals surface area (Å²) in [6.45, 7) is 5.88. The highest BCUT2D eigenvalue weighted by Crippen LogP contribution is 2.35. The van der Waals surface area contributed by atoms with Crippen LogP contribution in [0.25, 0.3) is 0 Å². The van der Waals surface area contributed by atoms with Crippen LogP contribution in [0.3, 0.4) is 0 Å². The quantitative estimate of drug-likeness (QED) is 0.677. The second kappa shape index (κ2) is 9.37. The predicted molar refractivity (Wildman–Crippen MR) is 124 cm³/mol. The monoisotopic (exact) mass is 452 g/mol. The number of ether oxygens (including phenoxy) is 1. The molecular weight excluding hydrogens is 420 g/mol. The summed E-state index contributed by atoms with van der Waals surface area (Å²) in [6.07, 6.45) is 5.98. The third-order valence-electron chi connectivity index (χ3n) is 6.68. The summed E-state index contributed by atoms with van der Waals surface area (Å²) in [7, 11) is 0. The van der Waals surface area contributed by atoms with Crippen LogP contribution in [0.2, 0.25) is 0 Å². The van der Waals surface area contributed by atoms with E-state index in [9.17, 15) is 14.4 Å². The van der Waals surface area contributed by atoms with Gasteiger partial charge in [-0.05, 0) is 44.7 Å². The first kappa shape index (κ1) is 23.0. The first-order valence-corrected chi connectivity index (χ1v) is 11.9. The van der Waals surface area contributed by atoms with Gasteiger partial charge in [0.05, 0.1) is 13.2 Å². The number of hydrogen-bond acceptors (Lipinski definition) is 5. The van der Waals surface area contributed by atoms with E-state index in [1.165, 1.54) is 17.2 Å². The molecular formula is C25H32N4O4. The molecule has 1 fully saturated rings. The molecule has 8 heteroatoms. The van der Waals surface area contributed by atoms with Crippen LogP contribution in [0.1, 0.15) is 79.4 Å². The number of nitrogens with zero attached hydrogens (tertiary/aromatic N) is 3. The van der Waals surface area contributed by atoms with Gasteiger partial charge in [0.1, 0.15) is 11.2 Å². The van der Waals surface area contributed by atoms with Crippen LogP contribution in [0.5, 0.6) is 0 Å². The second-order valence-electron chi connectivity index (χ2n) is 9.00. The number of carbonyl (C=O) groups is 3. The molecule has 8 nitrogen and oxygen atoms in total. The fourth-order valence-electron chi connectivity index (χ4n) is 4.88. The average molecular weight is 453 g/mol. The van der Waals surface area contributed by atoms with Crippen LogP contribution in [0, 0.1) is 0 Å². The number of anilines is 1. The van der Waals surface area contributed by atoms with Crippen LogP contribution >= 0.6 is 0 Å². The van der Waals surface area contributed by atoms with Gasteiger partial charge in [0.2, 0.25) is 5.91 Å². The molecule has 1 saturated carbocycles. The fraction of sp³-hybridized carbons (Fsp3) is 0.520. The molecule has 2 aliphatic rings. The lowest BCUT2D eigenvalue weighted by Gasteiger charge is -2.44. The second-order valence-corrected chi connectivity index (χ2v) is 9.00. The average Bonchev–Trinajstić information content (AvgIpc) is 3.24. The lowest BCUT2D eigenvalue weighted by atomic mass is 9.90. The van der Waals surface area contributed by atoms with E-state index in [4.69, 9.17) is 4.74 Å². The van der Waals surface area contributed by atoms with E-state index in [0.717, 1.165) is 31.2 Å². The fourth-order valence-corrected chi connectivity index (χ4v) is 4.88. The molecule has 2 amide bonds. The highest BCUT2D eigenvalue weighted by atomic mass is 16.5. The van der Waals surface area contributed by atoms with Crippen molar-refractivity contribution >= 4 is 23.5 Å². The smallest absolute Gasteiger partial charge is 0.358 e. The Balaban J connectivity index is 1.77. The zero-order valence-electron chi connectivity index (χ0n) is 19.6. The molecule has 4 rings (SSSR count). The number of para-hydroxylation sites is 1. The highest BCUT2D eigenvalue weighted by molar-refractivity contribution is 6.12. The number of fused-ring (bicyclic) bond motifs is 1. The molecule has 1 aromatic carbocycles. The number of rotatable bonds is 6. The number of nitrogens with one attached hydrogen (secondary N) is 1. The first-order valence-electron chi connectivity index (χ1n) is 11.9. The van der Waals surface area contributed by atoms with Gasteiger partial charge in [-0.2, -0.15) is 5.10 Å². The lowest BCUT2D eigenvalue weighted by Crippen LogP contribution is -2.65. The molecule has 1 atom stereocenters. The summed E-state index contributed by atoms with van der Waals surface area (Å²) >= 11 is 0. The Morgan fingerprint density at radius 2 is 1.91 bits per heavy atom. The predicted octanol–water partition coefficient (Wildman–Crippen LogP) is 3.49. The van der Waals surface area contributed by atoms with E-state index in [1.807, 2.05) is 31.2 Å². The van der Waals surface area contributed by atoms with E-state index < -0.39 is 11.5 Å². The maximum atomic E-state index is 13.8. The van der Waals surface area contributed by atoms with Crippen LogP contribution in [-0.2, 0) is 22.5 Å². The molecule has 176 valence electrons. The molecule has 1 aromatic heterocycles.